The van der Waals surface area contributed by atoms with Crippen LogP contribution in [0.1, 0.15) is 45.4 Å². The minimum Gasteiger partial charge on any atom is -0.366 e. The molecule has 1 aliphatic rings. The third kappa shape index (κ3) is 3.42. The summed E-state index contributed by atoms with van der Waals surface area (Å²) in [5.41, 5.74) is 0.426. The van der Waals surface area contributed by atoms with Gasteiger partial charge in [-0.2, -0.15) is 5.26 Å². The molecule has 1 fully saturated rings. The van der Waals surface area contributed by atoms with Gasteiger partial charge in [-0.15, -0.1) is 0 Å². The SMILES string of the molecule is CCC1CCCC(C#N)(Nc2ccccc2Cl)CC1. The third-order valence-corrected chi connectivity index (χ3v) is 4.56. The van der Waals surface area contributed by atoms with Gasteiger partial charge in [-0.3, -0.25) is 0 Å². The van der Waals surface area contributed by atoms with E-state index in [-0.39, 0.29) is 0 Å². The summed E-state index contributed by atoms with van der Waals surface area (Å²) in [5, 5.41) is 13.7. The molecule has 0 spiro atoms. The molecule has 1 N–H and O–H groups in total. The standard InChI is InChI=1S/C16H21ClN2/c1-2-13-6-5-10-16(12-18,11-9-13)19-15-8-4-3-7-14(15)17/h3-4,7-8,13,19H,2,5-6,9-11H2,1H3. The number of halogens is 1. The Kier molecular flexibility index (Phi) is 4.71. The summed E-state index contributed by atoms with van der Waals surface area (Å²) >= 11 is 6.19. The maximum absolute atomic E-state index is 9.62. The van der Waals surface area contributed by atoms with E-state index in [1.807, 2.05) is 24.3 Å². The Morgan fingerprint density at radius 1 is 1.37 bits per heavy atom. The second-order valence-electron chi connectivity index (χ2n) is 5.50. The molecule has 2 rings (SSSR count). The summed E-state index contributed by atoms with van der Waals surface area (Å²) in [7, 11) is 0. The number of benzene rings is 1. The number of nitrogens with zero attached hydrogens (tertiary/aromatic N) is 1. The van der Waals surface area contributed by atoms with Crippen molar-refractivity contribution in [2.45, 2.75) is 51.0 Å². The highest BCUT2D eigenvalue weighted by Gasteiger charge is 2.33. The lowest BCUT2D eigenvalue weighted by molar-refractivity contribution is 0.436. The van der Waals surface area contributed by atoms with Crippen molar-refractivity contribution < 1.29 is 0 Å². The first-order valence-electron chi connectivity index (χ1n) is 7.13. The zero-order chi connectivity index (χ0) is 13.7. The van der Waals surface area contributed by atoms with E-state index in [9.17, 15) is 5.26 Å². The van der Waals surface area contributed by atoms with Crippen LogP contribution in [0.2, 0.25) is 5.02 Å². The number of nitriles is 1. The molecule has 2 atom stereocenters. The van der Waals surface area contributed by atoms with Crippen LogP contribution in [0.3, 0.4) is 0 Å². The zero-order valence-electron chi connectivity index (χ0n) is 11.5. The topological polar surface area (TPSA) is 35.8 Å². The summed E-state index contributed by atoms with van der Waals surface area (Å²) in [4.78, 5) is 0. The molecule has 0 saturated heterocycles. The first-order chi connectivity index (χ1) is 9.19. The van der Waals surface area contributed by atoms with Crippen molar-refractivity contribution in [3.05, 3.63) is 29.3 Å². The Balaban J connectivity index is 2.15. The third-order valence-electron chi connectivity index (χ3n) is 4.23. The van der Waals surface area contributed by atoms with Gasteiger partial charge in [0.15, 0.2) is 0 Å². The number of rotatable bonds is 3. The smallest absolute Gasteiger partial charge is 0.125 e. The minimum atomic E-state index is -0.449. The molecule has 1 saturated carbocycles. The maximum Gasteiger partial charge on any atom is 0.125 e. The first kappa shape index (κ1) is 14.2. The molecule has 0 amide bonds. The van der Waals surface area contributed by atoms with E-state index in [1.165, 1.54) is 12.8 Å². The average Bonchev–Trinajstić information content (AvgIpc) is 2.64. The van der Waals surface area contributed by atoms with E-state index < -0.39 is 5.54 Å². The highest BCUT2D eigenvalue weighted by Crippen LogP contribution is 2.35. The van der Waals surface area contributed by atoms with E-state index in [4.69, 9.17) is 11.6 Å². The molecule has 0 aromatic heterocycles. The quantitative estimate of drug-likeness (QED) is 0.788. The Morgan fingerprint density at radius 2 is 2.16 bits per heavy atom. The van der Waals surface area contributed by atoms with Crippen LogP contribution in [0.5, 0.6) is 0 Å². The number of hydrogen-bond acceptors (Lipinski definition) is 2. The van der Waals surface area contributed by atoms with Crippen molar-refractivity contribution in [2.24, 2.45) is 5.92 Å². The molecule has 19 heavy (non-hydrogen) atoms. The van der Waals surface area contributed by atoms with Crippen molar-refractivity contribution in [3.8, 4) is 6.07 Å². The van der Waals surface area contributed by atoms with Crippen LogP contribution >= 0.6 is 11.6 Å². The number of anilines is 1. The van der Waals surface area contributed by atoms with Gasteiger partial charge in [0.25, 0.3) is 0 Å². The second kappa shape index (κ2) is 6.30. The zero-order valence-corrected chi connectivity index (χ0v) is 12.2. The van der Waals surface area contributed by atoms with Crippen molar-refractivity contribution in [3.63, 3.8) is 0 Å². The summed E-state index contributed by atoms with van der Waals surface area (Å²) in [6, 6.07) is 10.2. The number of para-hydroxylation sites is 1. The fourth-order valence-electron chi connectivity index (χ4n) is 2.91. The van der Waals surface area contributed by atoms with Crippen molar-refractivity contribution in [2.75, 3.05) is 5.32 Å². The van der Waals surface area contributed by atoms with Crippen LogP contribution in [0, 0.1) is 17.2 Å². The highest BCUT2D eigenvalue weighted by atomic mass is 35.5. The lowest BCUT2D eigenvalue weighted by Crippen LogP contribution is -2.36. The summed E-state index contributed by atoms with van der Waals surface area (Å²) < 4.78 is 0. The predicted molar refractivity (Wildman–Crippen MR) is 80.3 cm³/mol. The minimum absolute atomic E-state index is 0.449. The van der Waals surface area contributed by atoms with E-state index in [0.29, 0.717) is 5.02 Å². The predicted octanol–water partition coefficient (Wildman–Crippen LogP) is 5.00. The largest absolute Gasteiger partial charge is 0.366 e. The Labute approximate surface area is 120 Å². The monoisotopic (exact) mass is 276 g/mol. The van der Waals surface area contributed by atoms with Crippen LogP contribution in [-0.4, -0.2) is 5.54 Å². The molecule has 0 radical (unpaired) electrons. The highest BCUT2D eigenvalue weighted by molar-refractivity contribution is 6.33. The van der Waals surface area contributed by atoms with Gasteiger partial charge in [-0.1, -0.05) is 43.5 Å². The van der Waals surface area contributed by atoms with Gasteiger partial charge in [0.05, 0.1) is 16.8 Å². The van der Waals surface area contributed by atoms with Gasteiger partial charge >= 0.3 is 0 Å². The number of hydrogen-bond donors (Lipinski definition) is 1. The van der Waals surface area contributed by atoms with E-state index in [0.717, 1.165) is 37.3 Å². The Hall–Kier alpha value is -1.20. The van der Waals surface area contributed by atoms with Crippen LogP contribution < -0.4 is 5.32 Å². The van der Waals surface area contributed by atoms with Crippen LogP contribution in [-0.2, 0) is 0 Å². The van der Waals surface area contributed by atoms with Crippen molar-refractivity contribution >= 4 is 17.3 Å². The van der Waals surface area contributed by atoms with Gasteiger partial charge in [-0.05, 0) is 43.7 Å². The van der Waals surface area contributed by atoms with E-state index >= 15 is 0 Å². The maximum atomic E-state index is 9.62. The van der Waals surface area contributed by atoms with Gasteiger partial charge in [-0.25, -0.2) is 0 Å². The van der Waals surface area contributed by atoms with Crippen LogP contribution in [0.25, 0.3) is 0 Å². The molecule has 0 bridgehead atoms. The molecule has 3 heteroatoms. The van der Waals surface area contributed by atoms with E-state index in [2.05, 4.69) is 18.3 Å². The molecule has 1 aromatic carbocycles. The van der Waals surface area contributed by atoms with Gasteiger partial charge in [0, 0.05) is 0 Å². The second-order valence-corrected chi connectivity index (χ2v) is 5.91. The van der Waals surface area contributed by atoms with E-state index in [1.54, 1.807) is 0 Å². The van der Waals surface area contributed by atoms with Gasteiger partial charge in [0.1, 0.15) is 5.54 Å². The molecule has 0 heterocycles. The fourth-order valence-corrected chi connectivity index (χ4v) is 3.09. The molecule has 2 unspecified atom stereocenters. The molecular weight excluding hydrogens is 256 g/mol. The molecule has 102 valence electrons. The molecule has 1 aromatic rings. The van der Waals surface area contributed by atoms with Crippen molar-refractivity contribution in [1.29, 1.82) is 5.26 Å². The Morgan fingerprint density at radius 3 is 2.84 bits per heavy atom. The molecule has 0 aliphatic heterocycles. The lowest BCUT2D eigenvalue weighted by Gasteiger charge is -2.28. The van der Waals surface area contributed by atoms with Gasteiger partial charge in [0.2, 0.25) is 0 Å². The van der Waals surface area contributed by atoms with Crippen LogP contribution in [0.4, 0.5) is 5.69 Å². The first-order valence-corrected chi connectivity index (χ1v) is 7.51. The lowest BCUT2D eigenvalue weighted by atomic mass is 9.90. The van der Waals surface area contributed by atoms with Crippen molar-refractivity contribution in [1.82, 2.24) is 0 Å². The molecular formula is C16H21ClN2. The summed E-state index contributed by atoms with van der Waals surface area (Å²) in [6.45, 7) is 2.24. The average molecular weight is 277 g/mol. The normalized spacial score (nSPS) is 27.3. The fraction of sp³-hybridized carbons (Fsp3) is 0.562. The summed E-state index contributed by atoms with van der Waals surface area (Å²) in [5.74, 6) is 0.767. The Bertz CT molecular complexity index is 466. The van der Waals surface area contributed by atoms with Gasteiger partial charge < -0.3 is 5.32 Å². The van der Waals surface area contributed by atoms with Crippen LogP contribution in [0.15, 0.2) is 24.3 Å². The molecule has 1 aliphatic carbocycles. The number of nitrogens with one attached hydrogen (secondary N) is 1. The summed E-state index contributed by atoms with van der Waals surface area (Å²) in [6.07, 6.45) is 6.52. The molecule has 2 nitrogen and oxygen atoms in total.